The lowest BCUT2D eigenvalue weighted by atomic mass is 10.2. The van der Waals surface area contributed by atoms with Gasteiger partial charge in [0.15, 0.2) is 0 Å². The van der Waals surface area contributed by atoms with Gasteiger partial charge in [-0.15, -0.1) is 0 Å². The van der Waals surface area contributed by atoms with Gasteiger partial charge in [-0.1, -0.05) is 0 Å². The number of nitrogens with zero attached hydrogens (tertiary/aromatic N) is 1. The van der Waals surface area contributed by atoms with Crippen molar-refractivity contribution in [1.29, 1.82) is 0 Å². The number of ether oxygens (including phenoxy) is 1. The molecule has 1 aliphatic heterocycles. The smallest absolute Gasteiger partial charge is 0.306 e. The molecule has 0 aromatic carbocycles. The predicted molar refractivity (Wildman–Crippen MR) is 66.9 cm³/mol. The minimum absolute atomic E-state index is 0.00181. The number of hydrogen-bond acceptors (Lipinski definition) is 4. The second kappa shape index (κ2) is 6.18. The van der Waals surface area contributed by atoms with Gasteiger partial charge in [0.05, 0.1) is 19.1 Å². The third-order valence-corrected chi connectivity index (χ3v) is 2.87. The van der Waals surface area contributed by atoms with Crippen LogP contribution in [0.15, 0.2) is 0 Å². The van der Waals surface area contributed by atoms with Crippen molar-refractivity contribution in [3.63, 3.8) is 0 Å². The van der Waals surface area contributed by atoms with Crippen molar-refractivity contribution >= 4 is 11.9 Å². The first kappa shape index (κ1) is 15.0. The Morgan fingerprint density at radius 2 is 2.00 bits per heavy atom. The van der Waals surface area contributed by atoms with Crippen molar-refractivity contribution in [3.8, 4) is 0 Å². The zero-order chi connectivity index (χ0) is 13.8. The molecule has 1 heterocycles. The molecule has 104 valence electrons. The number of amides is 1. The van der Waals surface area contributed by atoms with Crippen LogP contribution in [-0.4, -0.2) is 46.7 Å². The molecule has 1 N–H and O–H groups in total. The Bertz CT molecular complexity index is 309. The molecule has 0 aromatic heterocycles. The lowest BCUT2D eigenvalue weighted by Crippen LogP contribution is -2.38. The van der Waals surface area contributed by atoms with Gasteiger partial charge in [0, 0.05) is 13.0 Å². The van der Waals surface area contributed by atoms with E-state index in [1.54, 1.807) is 25.7 Å². The molecule has 1 saturated heterocycles. The summed E-state index contributed by atoms with van der Waals surface area (Å²) in [5.74, 6) is -0.423. The second-order valence-corrected chi connectivity index (χ2v) is 5.65. The highest BCUT2D eigenvalue weighted by Gasteiger charge is 2.28. The molecule has 1 fully saturated rings. The highest BCUT2D eigenvalue weighted by molar-refractivity contribution is 5.81. The highest BCUT2D eigenvalue weighted by atomic mass is 16.6. The van der Waals surface area contributed by atoms with E-state index in [0.717, 1.165) is 12.8 Å². The molecule has 1 atom stereocenters. The average molecular weight is 257 g/mol. The Hall–Kier alpha value is -1.10. The largest absolute Gasteiger partial charge is 0.460 e. The van der Waals surface area contributed by atoms with E-state index in [1.807, 2.05) is 0 Å². The summed E-state index contributed by atoms with van der Waals surface area (Å²) in [5.41, 5.74) is -0.512. The van der Waals surface area contributed by atoms with Crippen molar-refractivity contribution < 1.29 is 19.4 Å². The van der Waals surface area contributed by atoms with Crippen molar-refractivity contribution in [2.75, 3.05) is 13.2 Å². The maximum atomic E-state index is 11.9. The van der Waals surface area contributed by atoms with Gasteiger partial charge < -0.3 is 14.7 Å². The summed E-state index contributed by atoms with van der Waals surface area (Å²) in [5, 5.41) is 9.13. The van der Waals surface area contributed by atoms with E-state index < -0.39 is 5.60 Å². The van der Waals surface area contributed by atoms with Crippen molar-refractivity contribution in [1.82, 2.24) is 4.90 Å². The fourth-order valence-electron chi connectivity index (χ4n) is 2.10. The molecular formula is C13H23NO4. The number of carbonyl (C=O) groups excluding carboxylic acids is 2. The van der Waals surface area contributed by atoms with Crippen molar-refractivity contribution in [3.05, 3.63) is 0 Å². The van der Waals surface area contributed by atoms with E-state index in [4.69, 9.17) is 9.84 Å². The first-order chi connectivity index (χ1) is 8.33. The summed E-state index contributed by atoms with van der Waals surface area (Å²) in [6.07, 6.45) is 2.02. The van der Waals surface area contributed by atoms with Crippen LogP contribution >= 0.6 is 0 Å². The number of rotatable bonds is 4. The molecular weight excluding hydrogens is 234 g/mol. The average Bonchev–Trinajstić information content (AvgIpc) is 2.71. The third kappa shape index (κ3) is 4.64. The Morgan fingerprint density at radius 1 is 1.33 bits per heavy atom. The molecule has 5 nitrogen and oxygen atoms in total. The molecule has 18 heavy (non-hydrogen) atoms. The number of esters is 1. The number of hydrogen-bond donors (Lipinski definition) is 1. The monoisotopic (exact) mass is 257 g/mol. The molecule has 5 heteroatoms. The SMILES string of the molecule is CC(C)(C)OC(=O)CCC(=O)N1CCCC1CO. The second-order valence-electron chi connectivity index (χ2n) is 5.65. The van der Waals surface area contributed by atoms with Gasteiger partial charge in [0.25, 0.3) is 0 Å². The molecule has 0 aliphatic carbocycles. The number of aliphatic hydroxyl groups is 1. The van der Waals surface area contributed by atoms with Gasteiger partial charge >= 0.3 is 5.97 Å². The van der Waals surface area contributed by atoms with E-state index in [9.17, 15) is 9.59 Å². The van der Waals surface area contributed by atoms with Crippen LogP contribution < -0.4 is 0 Å². The van der Waals surface area contributed by atoms with E-state index in [-0.39, 0.29) is 37.4 Å². The summed E-state index contributed by atoms with van der Waals surface area (Å²) >= 11 is 0. The molecule has 0 spiro atoms. The van der Waals surface area contributed by atoms with E-state index >= 15 is 0 Å². The first-order valence-corrected chi connectivity index (χ1v) is 6.45. The van der Waals surface area contributed by atoms with E-state index in [2.05, 4.69) is 0 Å². The number of aliphatic hydroxyl groups excluding tert-OH is 1. The molecule has 1 unspecified atom stereocenters. The molecule has 0 aromatic rings. The Kier molecular flexibility index (Phi) is 5.14. The van der Waals surface area contributed by atoms with E-state index in [0.29, 0.717) is 6.54 Å². The van der Waals surface area contributed by atoms with Gasteiger partial charge in [-0.05, 0) is 33.6 Å². The van der Waals surface area contributed by atoms with Crippen LogP contribution in [0.25, 0.3) is 0 Å². The van der Waals surface area contributed by atoms with Crippen LogP contribution in [0.5, 0.6) is 0 Å². The zero-order valence-corrected chi connectivity index (χ0v) is 11.4. The van der Waals surface area contributed by atoms with Gasteiger partial charge in [0.1, 0.15) is 5.60 Å². The number of likely N-dealkylation sites (tertiary alicyclic amines) is 1. The van der Waals surface area contributed by atoms with Crippen LogP contribution in [0.2, 0.25) is 0 Å². The summed E-state index contributed by atoms with van der Waals surface area (Å²) in [6, 6.07) is -0.0730. The zero-order valence-electron chi connectivity index (χ0n) is 11.4. The standard InChI is InChI=1S/C13H23NO4/c1-13(2,3)18-12(17)7-6-11(16)14-8-4-5-10(14)9-15/h10,15H,4-9H2,1-3H3. The summed E-state index contributed by atoms with van der Waals surface area (Å²) in [4.78, 5) is 25.0. The Morgan fingerprint density at radius 3 is 2.56 bits per heavy atom. The molecule has 0 saturated carbocycles. The van der Waals surface area contributed by atoms with Gasteiger partial charge in [-0.25, -0.2) is 0 Å². The maximum absolute atomic E-state index is 11.9. The first-order valence-electron chi connectivity index (χ1n) is 6.45. The summed E-state index contributed by atoms with van der Waals surface area (Å²) in [6.45, 7) is 6.08. The van der Waals surface area contributed by atoms with Gasteiger partial charge in [0.2, 0.25) is 5.91 Å². The van der Waals surface area contributed by atoms with Crippen molar-refractivity contribution in [2.24, 2.45) is 0 Å². The van der Waals surface area contributed by atoms with Crippen LogP contribution in [0.4, 0.5) is 0 Å². The van der Waals surface area contributed by atoms with Crippen LogP contribution in [-0.2, 0) is 14.3 Å². The molecule has 0 radical (unpaired) electrons. The quantitative estimate of drug-likeness (QED) is 0.766. The number of carbonyl (C=O) groups is 2. The predicted octanol–water partition coefficient (Wildman–Crippen LogP) is 1.09. The maximum Gasteiger partial charge on any atom is 0.306 e. The van der Waals surface area contributed by atoms with Crippen LogP contribution in [0.1, 0.15) is 46.5 Å². The lowest BCUT2D eigenvalue weighted by Gasteiger charge is -2.23. The third-order valence-electron chi connectivity index (χ3n) is 2.87. The van der Waals surface area contributed by atoms with Gasteiger partial charge in [-0.3, -0.25) is 9.59 Å². The van der Waals surface area contributed by atoms with Crippen LogP contribution in [0.3, 0.4) is 0 Å². The molecule has 0 bridgehead atoms. The fraction of sp³-hybridized carbons (Fsp3) is 0.846. The van der Waals surface area contributed by atoms with Gasteiger partial charge in [-0.2, -0.15) is 0 Å². The fourth-order valence-corrected chi connectivity index (χ4v) is 2.10. The van der Waals surface area contributed by atoms with Crippen LogP contribution in [0, 0.1) is 0 Å². The minimum Gasteiger partial charge on any atom is -0.460 e. The van der Waals surface area contributed by atoms with Crippen molar-refractivity contribution in [2.45, 2.75) is 58.1 Å². The summed E-state index contributed by atoms with van der Waals surface area (Å²) < 4.78 is 5.14. The van der Waals surface area contributed by atoms with E-state index in [1.165, 1.54) is 0 Å². The Labute approximate surface area is 108 Å². The molecule has 1 aliphatic rings. The topological polar surface area (TPSA) is 66.8 Å². The Balaban J connectivity index is 2.35. The summed E-state index contributed by atoms with van der Waals surface area (Å²) in [7, 11) is 0. The minimum atomic E-state index is -0.512. The lowest BCUT2D eigenvalue weighted by molar-refractivity contribution is -0.156. The normalized spacial score (nSPS) is 20.0. The molecule has 1 rings (SSSR count). The molecule has 1 amide bonds. The highest BCUT2D eigenvalue weighted by Crippen LogP contribution is 2.18.